The van der Waals surface area contributed by atoms with Gasteiger partial charge in [0.25, 0.3) is 0 Å². The van der Waals surface area contributed by atoms with Crippen LogP contribution in [0.2, 0.25) is 0 Å². The largest absolute Gasteiger partial charge is 0.454 e. The van der Waals surface area contributed by atoms with Crippen molar-refractivity contribution in [3.63, 3.8) is 0 Å². The van der Waals surface area contributed by atoms with Gasteiger partial charge in [-0.1, -0.05) is 6.07 Å². The SMILES string of the molecule is O=C1CCCC[C@]1(O)Cc1ccc2c(c1)OCO2. The van der Waals surface area contributed by atoms with E-state index in [2.05, 4.69) is 0 Å². The summed E-state index contributed by atoms with van der Waals surface area (Å²) in [6.45, 7) is 0.238. The lowest BCUT2D eigenvalue weighted by molar-refractivity contribution is -0.140. The minimum atomic E-state index is -1.19. The molecule has 1 aliphatic heterocycles. The smallest absolute Gasteiger partial charge is 0.231 e. The van der Waals surface area contributed by atoms with E-state index in [0.29, 0.717) is 25.0 Å². The monoisotopic (exact) mass is 248 g/mol. The summed E-state index contributed by atoms with van der Waals surface area (Å²) < 4.78 is 10.5. The number of Topliss-reactive ketones (excluding diaryl/α,β-unsaturated/α-hetero) is 1. The Bertz CT molecular complexity index is 483. The molecule has 0 saturated heterocycles. The highest BCUT2D eigenvalue weighted by molar-refractivity contribution is 5.88. The second-order valence-corrected chi connectivity index (χ2v) is 5.03. The first-order valence-electron chi connectivity index (χ1n) is 6.32. The zero-order valence-electron chi connectivity index (χ0n) is 10.1. The fourth-order valence-electron chi connectivity index (χ4n) is 2.65. The number of carbonyl (C=O) groups excluding carboxylic acids is 1. The minimum Gasteiger partial charge on any atom is -0.454 e. The Balaban J connectivity index is 1.81. The van der Waals surface area contributed by atoms with Crippen molar-refractivity contribution in [1.82, 2.24) is 0 Å². The van der Waals surface area contributed by atoms with Gasteiger partial charge in [-0.15, -0.1) is 0 Å². The molecule has 18 heavy (non-hydrogen) atoms. The van der Waals surface area contributed by atoms with Crippen LogP contribution in [-0.4, -0.2) is 23.3 Å². The first-order chi connectivity index (χ1) is 8.67. The molecule has 3 rings (SSSR count). The number of ether oxygens (including phenoxy) is 2. The molecule has 4 nitrogen and oxygen atoms in total. The number of carbonyl (C=O) groups is 1. The summed E-state index contributed by atoms with van der Waals surface area (Å²) in [4.78, 5) is 11.8. The maximum Gasteiger partial charge on any atom is 0.231 e. The molecule has 1 aliphatic carbocycles. The molecule has 1 saturated carbocycles. The van der Waals surface area contributed by atoms with Crippen LogP contribution < -0.4 is 9.47 Å². The average molecular weight is 248 g/mol. The third kappa shape index (κ3) is 1.97. The highest BCUT2D eigenvalue weighted by Gasteiger charge is 2.37. The highest BCUT2D eigenvalue weighted by Crippen LogP contribution is 2.35. The third-order valence-corrected chi connectivity index (χ3v) is 3.70. The van der Waals surface area contributed by atoms with Gasteiger partial charge in [0.2, 0.25) is 6.79 Å². The normalized spacial score (nSPS) is 26.4. The fraction of sp³-hybridized carbons (Fsp3) is 0.500. The van der Waals surface area contributed by atoms with Gasteiger partial charge in [0.1, 0.15) is 5.60 Å². The summed E-state index contributed by atoms with van der Waals surface area (Å²) >= 11 is 0. The molecule has 0 amide bonds. The van der Waals surface area contributed by atoms with E-state index in [9.17, 15) is 9.90 Å². The van der Waals surface area contributed by atoms with Gasteiger partial charge >= 0.3 is 0 Å². The predicted octanol–water partition coefficient (Wildman–Crippen LogP) is 1.83. The van der Waals surface area contributed by atoms with Crippen LogP contribution in [0.1, 0.15) is 31.2 Å². The van der Waals surface area contributed by atoms with Crippen LogP contribution in [0.4, 0.5) is 0 Å². The predicted molar refractivity (Wildman–Crippen MR) is 64.7 cm³/mol. The van der Waals surface area contributed by atoms with E-state index in [0.717, 1.165) is 24.2 Å². The van der Waals surface area contributed by atoms with Crippen molar-refractivity contribution in [2.75, 3.05) is 6.79 Å². The molecular formula is C14H16O4. The second-order valence-electron chi connectivity index (χ2n) is 5.03. The van der Waals surface area contributed by atoms with Crippen LogP contribution in [0.25, 0.3) is 0 Å². The third-order valence-electron chi connectivity index (χ3n) is 3.70. The van der Waals surface area contributed by atoms with Gasteiger partial charge in [-0.25, -0.2) is 0 Å². The number of benzene rings is 1. The Morgan fingerprint density at radius 1 is 1.22 bits per heavy atom. The summed E-state index contributed by atoms with van der Waals surface area (Å²) in [7, 11) is 0. The summed E-state index contributed by atoms with van der Waals surface area (Å²) in [6, 6.07) is 5.56. The molecule has 0 spiro atoms. The topological polar surface area (TPSA) is 55.8 Å². The van der Waals surface area contributed by atoms with Gasteiger partial charge in [-0.3, -0.25) is 4.79 Å². The van der Waals surface area contributed by atoms with Crippen LogP contribution in [0.3, 0.4) is 0 Å². The van der Waals surface area contributed by atoms with E-state index in [1.165, 1.54) is 0 Å². The molecule has 0 aromatic heterocycles. The molecule has 0 radical (unpaired) electrons. The quantitative estimate of drug-likeness (QED) is 0.867. The molecule has 1 heterocycles. The standard InChI is InChI=1S/C14H16O4/c15-13-3-1-2-6-14(13,16)8-10-4-5-11-12(7-10)18-9-17-11/h4-5,7,16H,1-3,6,8-9H2/t14-/m0/s1. The van der Waals surface area contributed by atoms with E-state index in [-0.39, 0.29) is 12.6 Å². The molecule has 1 aromatic carbocycles. The van der Waals surface area contributed by atoms with Crippen molar-refractivity contribution in [3.8, 4) is 11.5 Å². The van der Waals surface area contributed by atoms with Gasteiger partial charge in [-0.2, -0.15) is 0 Å². The van der Waals surface area contributed by atoms with Crippen LogP contribution >= 0.6 is 0 Å². The molecule has 1 aromatic rings. The molecule has 96 valence electrons. The van der Waals surface area contributed by atoms with Gasteiger partial charge < -0.3 is 14.6 Å². The second kappa shape index (κ2) is 4.28. The van der Waals surface area contributed by atoms with Crippen LogP contribution in [0.15, 0.2) is 18.2 Å². The molecule has 1 N–H and O–H groups in total. The Hall–Kier alpha value is -1.55. The summed E-state index contributed by atoms with van der Waals surface area (Å²) in [5.74, 6) is 1.38. The van der Waals surface area contributed by atoms with E-state index in [1.54, 1.807) is 0 Å². The van der Waals surface area contributed by atoms with E-state index in [1.807, 2.05) is 18.2 Å². The molecular weight excluding hydrogens is 232 g/mol. The summed E-state index contributed by atoms with van der Waals surface area (Å²) in [6.07, 6.45) is 3.21. The molecule has 1 fully saturated rings. The van der Waals surface area contributed by atoms with Gasteiger partial charge in [0, 0.05) is 12.8 Å². The minimum absolute atomic E-state index is 0.0357. The first-order valence-corrected chi connectivity index (χ1v) is 6.32. The zero-order chi connectivity index (χ0) is 12.6. The maximum atomic E-state index is 11.8. The van der Waals surface area contributed by atoms with Crippen molar-refractivity contribution in [3.05, 3.63) is 23.8 Å². The number of ketones is 1. The van der Waals surface area contributed by atoms with Gasteiger partial charge in [-0.05, 0) is 37.0 Å². The van der Waals surface area contributed by atoms with E-state index < -0.39 is 5.60 Å². The summed E-state index contributed by atoms with van der Waals surface area (Å²) in [5.41, 5.74) is -0.275. The molecule has 2 aliphatic rings. The number of aliphatic hydroxyl groups is 1. The summed E-state index contributed by atoms with van der Waals surface area (Å²) in [5, 5.41) is 10.4. The molecule has 4 heteroatoms. The van der Waals surface area contributed by atoms with Gasteiger partial charge in [0.15, 0.2) is 17.3 Å². The fourth-order valence-corrected chi connectivity index (χ4v) is 2.65. The lowest BCUT2D eigenvalue weighted by Gasteiger charge is -2.30. The van der Waals surface area contributed by atoms with Crippen molar-refractivity contribution in [1.29, 1.82) is 0 Å². The van der Waals surface area contributed by atoms with Crippen molar-refractivity contribution < 1.29 is 19.4 Å². The highest BCUT2D eigenvalue weighted by atomic mass is 16.7. The van der Waals surface area contributed by atoms with Crippen LogP contribution in [0.5, 0.6) is 11.5 Å². The average Bonchev–Trinajstić information content (AvgIpc) is 2.80. The first kappa shape index (κ1) is 11.5. The lowest BCUT2D eigenvalue weighted by Crippen LogP contribution is -2.43. The van der Waals surface area contributed by atoms with E-state index >= 15 is 0 Å². The molecule has 1 atom stereocenters. The number of hydrogen-bond acceptors (Lipinski definition) is 4. The molecule has 0 unspecified atom stereocenters. The Labute approximate surface area is 106 Å². The van der Waals surface area contributed by atoms with Crippen LogP contribution in [-0.2, 0) is 11.2 Å². The number of fused-ring (bicyclic) bond motifs is 1. The zero-order valence-corrected chi connectivity index (χ0v) is 10.1. The van der Waals surface area contributed by atoms with E-state index in [4.69, 9.17) is 9.47 Å². The number of rotatable bonds is 2. The van der Waals surface area contributed by atoms with Crippen molar-refractivity contribution in [2.24, 2.45) is 0 Å². The van der Waals surface area contributed by atoms with Crippen molar-refractivity contribution in [2.45, 2.75) is 37.7 Å². The lowest BCUT2D eigenvalue weighted by atomic mass is 9.79. The Morgan fingerprint density at radius 2 is 2.06 bits per heavy atom. The Kier molecular flexibility index (Phi) is 2.74. The van der Waals surface area contributed by atoms with Gasteiger partial charge in [0.05, 0.1) is 0 Å². The van der Waals surface area contributed by atoms with Crippen molar-refractivity contribution >= 4 is 5.78 Å². The number of hydrogen-bond donors (Lipinski definition) is 1. The maximum absolute atomic E-state index is 11.8. The Morgan fingerprint density at radius 3 is 2.89 bits per heavy atom. The van der Waals surface area contributed by atoms with Crippen LogP contribution in [0, 0.1) is 0 Å². The molecule has 0 bridgehead atoms.